The van der Waals surface area contributed by atoms with Crippen LogP contribution in [0.4, 0.5) is 0 Å². The topological polar surface area (TPSA) is 79.3 Å². The van der Waals surface area contributed by atoms with Crippen LogP contribution in [0.3, 0.4) is 0 Å². The molecule has 1 amide bonds. The third kappa shape index (κ3) is 4.73. The summed E-state index contributed by atoms with van der Waals surface area (Å²) in [6, 6.07) is 0. The largest absolute Gasteiger partial charge is 0.480 e. The molecule has 0 spiro atoms. The highest BCUT2D eigenvalue weighted by molar-refractivity contribution is 5.78. The molecule has 0 atom stereocenters. The number of nitrogens with zero attached hydrogens (tertiary/aromatic N) is 2. The average Bonchev–Trinajstić information content (AvgIpc) is 2.47. The fraction of sp³-hybridized carbons (Fsp3) is 0.846. The Morgan fingerprint density at radius 2 is 1.80 bits per heavy atom. The third-order valence-electron chi connectivity index (χ3n) is 3.70. The molecule has 0 aromatic heterocycles. The molecule has 0 saturated carbocycles. The standard InChI is InChI=1S/C13H22N2O5/c16-12(15-5-7-19-8-6-15)9-14-3-1-11(2-4-14)20-10-13(17)18/h11H,1-10H2,(H,17,18). The maximum atomic E-state index is 12.1. The van der Waals surface area contributed by atoms with Gasteiger partial charge in [-0.3, -0.25) is 9.69 Å². The number of ether oxygens (including phenoxy) is 2. The first-order valence-electron chi connectivity index (χ1n) is 7.06. The van der Waals surface area contributed by atoms with Gasteiger partial charge in [-0.05, 0) is 12.8 Å². The summed E-state index contributed by atoms with van der Waals surface area (Å²) in [5.74, 6) is -0.784. The van der Waals surface area contributed by atoms with Crippen LogP contribution in [0.2, 0.25) is 0 Å². The first-order chi connectivity index (χ1) is 9.65. The van der Waals surface area contributed by atoms with Gasteiger partial charge in [0.1, 0.15) is 6.61 Å². The van der Waals surface area contributed by atoms with E-state index < -0.39 is 5.97 Å². The minimum atomic E-state index is -0.935. The first kappa shape index (κ1) is 15.2. The number of carbonyl (C=O) groups is 2. The number of hydrogen-bond donors (Lipinski definition) is 1. The average molecular weight is 286 g/mol. The molecule has 20 heavy (non-hydrogen) atoms. The summed E-state index contributed by atoms with van der Waals surface area (Å²) in [4.78, 5) is 26.5. The van der Waals surface area contributed by atoms with Gasteiger partial charge in [-0.15, -0.1) is 0 Å². The van der Waals surface area contributed by atoms with Crippen LogP contribution < -0.4 is 0 Å². The third-order valence-corrected chi connectivity index (χ3v) is 3.70. The van der Waals surface area contributed by atoms with Crippen molar-refractivity contribution in [2.45, 2.75) is 18.9 Å². The van der Waals surface area contributed by atoms with E-state index >= 15 is 0 Å². The molecule has 0 aromatic rings. The summed E-state index contributed by atoms with van der Waals surface area (Å²) in [6.45, 7) is 4.35. The van der Waals surface area contributed by atoms with Crippen LogP contribution >= 0.6 is 0 Å². The summed E-state index contributed by atoms with van der Waals surface area (Å²) in [5.41, 5.74) is 0. The lowest BCUT2D eigenvalue weighted by Crippen LogP contribution is -2.48. The number of likely N-dealkylation sites (tertiary alicyclic amines) is 1. The smallest absolute Gasteiger partial charge is 0.329 e. The van der Waals surface area contributed by atoms with Crippen molar-refractivity contribution >= 4 is 11.9 Å². The molecule has 1 N–H and O–H groups in total. The molecule has 0 bridgehead atoms. The number of morpholine rings is 1. The van der Waals surface area contributed by atoms with E-state index in [0.717, 1.165) is 25.9 Å². The summed E-state index contributed by atoms with van der Waals surface area (Å²) < 4.78 is 10.5. The zero-order valence-electron chi connectivity index (χ0n) is 11.6. The van der Waals surface area contributed by atoms with Crippen LogP contribution in [-0.4, -0.2) is 85.4 Å². The van der Waals surface area contributed by atoms with Gasteiger partial charge in [0.25, 0.3) is 0 Å². The summed E-state index contributed by atoms with van der Waals surface area (Å²) in [6.07, 6.45) is 1.56. The second-order valence-electron chi connectivity index (χ2n) is 5.17. The Bertz CT molecular complexity index is 336. The zero-order valence-corrected chi connectivity index (χ0v) is 11.6. The van der Waals surface area contributed by atoms with Crippen LogP contribution in [0.5, 0.6) is 0 Å². The molecule has 7 heteroatoms. The minimum Gasteiger partial charge on any atom is -0.480 e. The van der Waals surface area contributed by atoms with Crippen LogP contribution in [0.15, 0.2) is 0 Å². The van der Waals surface area contributed by atoms with Gasteiger partial charge < -0.3 is 19.5 Å². The van der Waals surface area contributed by atoms with Gasteiger partial charge in [-0.25, -0.2) is 4.79 Å². The Morgan fingerprint density at radius 1 is 1.15 bits per heavy atom. The second-order valence-corrected chi connectivity index (χ2v) is 5.17. The lowest BCUT2D eigenvalue weighted by molar-refractivity contribution is -0.145. The first-order valence-corrected chi connectivity index (χ1v) is 7.06. The number of hydrogen-bond acceptors (Lipinski definition) is 5. The molecule has 2 saturated heterocycles. The van der Waals surface area contributed by atoms with Crippen molar-refractivity contribution in [2.75, 3.05) is 52.5 Å². The molecule has 0 aliphatic carbocycles. The molecule has 7 nitrogen and oxygen atoms in total. The maximum Gasteiger partial charge on any atom is 0.329 e. The Balaban J connectivity index is 1.66. The van der Waals surface area contributed by atoms with Gasteiger partial charge in [0.15, 0.2) is 0 Å². The Hall–Kier alpha value is -1.18. The summed E-state index contributed by atoms with van der Waals surface area (Å²) >= 11 is 0. The number of rotatable bonds is 5. The van der Waals surface area contributed by atoms with Crippen molar-refractivity contribution < 1.29 is 24.2 Å². The quantitative estimate of drug-likeness (QED) is 0.728. The van der Waals surface area contributed by atoms with E-state index in [9.17, 15) is 9.59 Å². The van der Waals surface area contributed by atoms with Gasteiger partial charge in [0.2, 0.25) is 5.91 Å². The van der Waals surface area contributed by atoms with Crippen LogP contribution in [-0.2, 0) is 19.1 Å². The van der Waals surface area contributed by atoms with E-state index in [0.29, 0.717) is 32.8 Å². The molecule has 2 fully saturated rings. The van der Waals surface area contributed by atoms with Crippen molar-refractivity contribution in [3.8, 4) is 0 Å². The van der Waals surface area contributed by atoms with E-state index in [-0.39, 0.29) is 18.6 Å². The van der Waals surface area contributed by atoms with Gasteiger partial charge in [0, 0.05) is 26.2 Å². The number of carboxylic acid groups (broad SMARTS) is 1. The number of amides is 1. The van der Waals surface area contributed by atoms with Crippen molar-refractivity contribution in [1.29, 1.82) is 0 Å². The van der Waals surface area contributed by atoms with Crippen molar-refractivity contribution in [2.24, 2.45) is 0 Å². The van der Waals surface area contributed by atoms with Crippen LogP contribution in [0, 0.1) is 0 Å². The lowest BCUT2D eigenvalue weighted by Gasteiger charge is -2.33. The fourth-order valence-electron chi connectivity index (χ4n) is 2.53. The molecule has 2 rings (SSSR count). The normalized spacial score (nSPS) is 21.9. The Kier molecular flexibility index (Phi) is 5.75. The molecule has 0 aromatic carbocycles. The fourth-order valence-corrected chi connectivity index (χ4v) is 2.53. The highest BCUT2D eigenvalue weighted by Gasteiger charge is 2.24. The van der Waals surface area contributed by atoms with Gasteiger partial charge in [-0.1, -0.05) is 0 Å². The van der Waals surface area contributed by atoms with E-state index in [1.807, 2.05) is 4.90 Å². The molecule has 2 heterocycles. The molecule has 2 aliphatic heterocycles. The van der Waals surface area contributed by atoms with E-state index in [4.69, 9.17) is 14.6 Å². The molecule has 0 unspecified atom stereocenters. The monoisotopic (exact) mass is 286 g/mol. The summed E-state index contributed by atoms with van der Waals surface area (Å²) in [5, 5.41) is 8.56. The van der Waals surface area contributed by atoms with E-state index in [2.05, 4.69) is 4.90 Å². The van der Waals surface area contributed by atoms with Crippen molar-refractivity contribution in [1.82, 2.24) is 9.80 Å². The highest BCUT2D eigenvalue weighted by Crippen LogP contribution is 2.14. The number of carboxylic acids is 1. The predicted octanol–water partition coefficient (Wildman–Crippen LogP) is -0.589. The van der Waals surface area contributed by atoms with Gasteiger partial charge >= 0.3 is 5.97 Å². The second kappa shape index (κ2) is 7.56. The Morgan fingerprint density at radius 3 is 2.40 bits per heavy atom. The lowest BCUT2D eigenvalue weighted by atomic mass is 10.1. The summed E-state index contributed by atoms with van der Waals surface area (Å²) in [7, 11) is 0. The van der Waals surface area contributed by atoms with Crippen molar-refractivity contribution in [3.63, 3.8) is 0 Å². The van der Waals surface area contributed by atoms with Crippen molar-refractivity contribution in [3.05, 3.63) is 0 Å². The van der Waals surface area contributed by atoms with E-state index in [1.54, 1.807) is 0 Å². The number of piperidine rings is 1. The minimum absolute atomic E-state index is 0.000777. The molecular weight excluding hydrogens is 264 g/mol. The number of aliphatic carboxylic acids is 1. The van der Waals surface area contributed by atoms with E-state index in [1.165, 1.54) is 0 Å². The Labute approximate surface area is 118 Å². The molecule has 114 valence electrons. The predicted molar refractivity (Wildman–Crippen MR) is 70.4 cm³/mol. The zero-order chi connectivity index (χ0) is 14.4. The van der Waals surface area contributed by atoms with Gasteiger partial charge in [-0.2, -0.15) is 0 Å². The molecular formula is C13H22N2O5. The maximum absolute atomic E-state index is 12.1. The van der Waals surface area contributed by atoms with Gasteiger partial charge in [0.05, 0.1) is 25.9 Å². The van der Waals surface area contributed by atoms with Crippen LogP contribution in [0.1, 0.15) is 12.8 Å². The molecule has 0 radical (unpaired) electrons. The van der Waals surface area contributed by atoms with Crippen LogP contribution in [0.25, 0.3) is 0 Å². The number of carbonyl (C=O) groups excluding carboxylic acids is 1. The SMILES string of the molecule is O=C(O)COC1CCN(CC(=O)N2CCOCC2)CC1. The molecule has 2 aliphatic rings. The highest BCUT2D eigenvalue weighted by atomic mass is 16.5.